The number of ether oxygens (including phenoxy) is 4. The molecule has 2 aliphatic heterocycles. The molecule has 0 spiro atoms. The molecule has 4 aromatic heterocycles. The van der Waals surface area contributed by atoms with E-state index in [1.54, 1.807) is 56.4 Å². The average Bonchev–Trinajstić information content (AvgIpc) is 0.785. The molecule has 0 saturated carbocycles. The van der Waals surface area contributed by atoms with Gasteiger partial charge in [-0.05, 0) is 156 Å². The molecule has 2 saturated heterocycles. The first-order chi connectivity index (χ1) is 48.2. The number of anilines is 4. The first-order valence-corrected chi connectivity index (χ1v) is 31.6. The summed E-state index contributed by atoms with van der Waals surface area (Å²) in [6, 6.07) is 34.1. The molecular weight excluding hydrogens is 1310 g/mol. The van der Waals surface area contributed by atoms with Crippen LogP contribution in [0, 0.1) is 39.3 Å². The molecule has 101 heavy (non-hydrogen) atoms. The van der Waals surface area contributed by atoms with Gasteiger partial charge in [0.05, 0.1) is 56.2 Å². The van der Waals surface area contributed by atoms with Gasteiger partial charge in [-0.15, -0.1) is 0 Å². The number of fused-ring (bicyclic) bond motifs is 2. The van der Waals surface area contributed by atoms with Crippen LogP contribution in [0.4, 0.5) is 31.8 Å². The molecule has 2 fully saturated rings. The van der Waals surface area contributed by atoms with E-state index in [2.05, 4.69) is 100 Å². The van der Waals surface area contributed by atoms with E-state index in [0.29, 0.717) is 72.1 Å². The Morgan fingerprint density at radius 3 is 1.43 bits per heavy atom. The molecule has 23 nitrogen and oxygen atoms in total. The van der Waals surface area contributed by atoms with Gasteiger partial charge in [0, 0.05) is 107 Å². The monoisotopic (exact) mass is 1390 g/mol. The summed E-state index contributed by atoms with van der Waals surface area (Å²) in [7, 11) is 7.29. The molecule has 519 valence electrons. The molecule has 0 amide bonds. The van der Waals surface area contributed by atoms with Crippen molar-refractivity contribution in [2.45, 2.75) is 92.1 Å². The number of halogens is 2. The van der Waals surface area contributed by atoms with E-state index < -0.39 is 35.9 Å². The van der Waals surface area contributed by atoms with Gasteiger partial charge >= 0.3 is 41.5 Å². The van der Waals surface area contributed by atoms with Crippen LogP contribution in [-0.4, -0.2) is 137 Å². The van der Waals surface area contributed by atoms with E-state index in [1.165, 1.54) is 20.1 Å². The number of nitrogens with two attached hydrogens (primary N) is 1. The number of nitrogens with zero attached hydrogens (tertiary/aromatic N) is 6. The first-order valence-electron chi connectivity index (χ1n) is 31.6. The number of carbonyl (C=O) groups is 4. The molecule has 2 aliphatic rings. The van der Waals surface area contributed by atoms with Crippen LogP contribution in [-0.2, 0) is 44.8 Å². The van der Waals surface area contributed by atoms with Gasteiger partial charge in [-0.2, -0.15) is 0 Å². The normalized spacial score (nSPS) is 15.1. The predicted octanol–water partition coefficient (Wildman–Crippen LogP) is 8.55. The molecule has 4 atom stereocenters. The minimum atomic E-state index is -0.639. The minimum Gasteiger partial charge on any atom is -0.793 e. The molecular formula is C74H77BF2N10NaO13. The number of aromatic nitrogens is 6. The van der Waals surface area contributed by atoms with E-state index in [0.717, 1.165) is 104 Å². The number of aliphatic hydroxyl groups is 2. The molecule has 0 bridgehead atoms. The van der Waals surface area contributed by atoms with Crippen molar-refractivity contribution in [2.75, 3.05) is 51.3 Å². The Hall–Kier alpha value is -9.74. The summed E-state index contributed by atoms with van der Waals surface area (Å²) in [5.41, 5.74) is 21.9. The van der Waals surface area contributed by atoms with Gasteiger partial charge in [0.15, 0.2) is 17.9 Å². The number of methoxy groups -OCH3 is 2. The zero-order valence-electron chi connectivity index (χ0n) is 57.7. The van der Waals surface area contributed by atoms with Gasteiger partial charge in [0.2, 0.25) is 5.97 Å². The van der Waals surface area contributed by atoms with Crippen molar-refractivity contribution in [3.8, 4) is 56.0 Å². The molecule has 27 heteroatoms. The Bertz CT molecular complexity index is 4490. The minimum absolute atomic E-state index is 0. The molecule has 3 radical (unpaired) electrons. The summed E-state index contributed by atoms with van der Waals surface area (Å²) < 4.78 is 55.0. The number of nitrogens with one attached hydrogen (secondary N) is 3. The van der Waals surface area contributed by atoms with Gasteiger partial charge < -0.3 is 63.5 Å². The Balaban J connectivity index is 0.000000220. The second-order valence-corrected chi connectivity index (χ2v) is 22.9. The second kappa shape index (κ2) is 38.2. The van der Waals surface area contributed by atoms with Gasteiger partial charge in [-0.1, -0.05) is 60.7 Å². The van der Waals surface area contributed by atoms with Gasteiger partial charge in [0.1, 0.15) is 34.2 Å². The fourth-order valence-corrected chi connectivity index (χ4v) is 11.0. The number of pyridine rings is 2. The number of hydrogen-bond donors (Lipinski definition) is 6. The maximum absolute atomic E-state index is 15.6. The number of carbonyl (C=O) groups excluding carboxylic acids is 4. The molecule has 0 aliphatic carbocycles. The molecule has 6 heterocycles. The maximum Gasteiger partial charge on any atom is 1.00 e. The molecule has 7 N–H and O–H groups in total. The molecule has 10 aromatic rings. The van der Waals surface area contributed by atoms with E-state index in [9.17, 15) is 28.7 Å². The zero-order valence-corrected chi connectivity index (χ0v) is 59.7. The van der Waals surface area contributed by atoms with Crippen molar-refractivity contribution < 1.29 is 101 Å². The first kappa shape index (κ1) is 78.6. The number of aliphatic hydroxyl groups excluding tert-OH is 2. The number of rotatable bonds is 14. The van der Waals surface area contributed by atoms with Crippen LogP contribution in [0.5, 0.6) is 11.5 Å². The average molecular weight is 1390 g/mol. The van der Waals surface area contributed by atoms with Crippen molar-refractivity contribution in [1.29, 1.82) is 0 Å². The summed E-state index contributed by atoms with van der Waals surface area (Å²) in [6.07, 6.45) is 10.9. The summed E-state index contributed by atoms with van der Waals surface area (Å²) in [5, 5.41) is 29.3. The predicted molar refractivity (Wildman–Crippen MR) is 376 cm³/mol. The van der Waals surface area contributed by atoms with Gasteiger partial charge in [-0.3, -0.25) is 19.6 Å². The quantitative estimate of drug-likeness (QED) is 0.0257. The zero-order chi connectivity index (χ0) is 72.0. The van der Waals surface area contributed by atoms with Gasteiger partial charge in [-0.25, -0.2) is 48.1 Å². The van der Waals surface area contributed by atoms with Crippen LogP contribution in [0.2, 0.25) is 0 Å². The number of aldehydes is 1. The van der Waals surface area contributed by atoms with Crippen LogP contribution >= 0.6 is 0 Å². The Morgan fingerprint density at radius 2 is 1.00 bits per heavy atom. The summed E-state index contributed by atoms with van der Waals surface area (Å²) in [6.45, 7) is 13.9. The fraction of sp³-hybridized carbons (Fsp3) is 0.270. The third-order valence-corrected chi connectivity index (χ3v) is 16.3. The van der Waals surface area contributed by atoms with E-state index in [4.69, 9.17) is 29.8 Å². The topological polar surface area (TPSA) is 313 Å². The van der Waals surface area contributed by atoms with E-state index >= 15 is 4.39 Å². The third kappa shape index (κ3) is 20.7. The molecule has 0 unspecified atom stereocenters. The van der Waals surface area contributed by atoms with Crippen molar-refractivity contribution in [3.63, 3.8) is 0 Å². The standard InChI is InChI=1S/C34H34FN5O3.C29H23FN4O2.C5H11NO2.C4H6O4.C2H3BO2.Na/c1-20-23(22-16-27(35)26(32(17-22)42-3)18-39-29-11-15-43-19-31(29)41)6-4-7-24(20)25-8-5-9-28(21(25)2)40-34-33-30(10-12-38-34)36-13-14-37-33;1-17-20(19-14-24(30)23(16-35)27(15-19)36-3)6-4-7-21(17)22-8-5-9-25(18(22)2)34-29-28-26(10-11-33-29)31-12-13-32-28;6-4-1-2-8-3-5(4)7;1-3(5)7-8-4(2)6;1-2(4)5-3;/h4-10,12-14,16-17,29,31,39,41H,11,15,18-19H2,1-3H3,(H,38,40);4-16H,1-3H3,(H,33,34);4-5,7H,1-3,6H2;1-2H3;1H3;/q;;;;-1;+1/t29-,31+;;4-,5+;;;/m1.1.../s1. The second-order valence-electron chi connectivity index (χ2n) is 22.9. The van der Waals surface area contributed by atoms with Crippen molar-refractivity contribution in [3.05, 3.63) is 191 Å². The Kier molecular flexibility index (Phi) is 29.7. The van der Waals surface area contributed by atoms with Crippen LogP contribution in [0.1, 0.15) is 71.8 Å². The van der Waals surface area contributed by atoms with Crippen LogP contribution in [0.3, 0.4) is 0 Å². The largest absolute Gasteiger partial charge is 1.00 e. The molecule has 6 aromatic carbocycles. The molecule has 12 rings (SSSR count). The van der Waals surface area contributed by atoms with Crippen molar-refractivity contribution in [1.82, 2.24) is 35.2 Å². The smallest absolute Gasteiger partial charge is 0.793 e. The maximum atomic E-state index is 15.6. The van der Waals surface area contributed by atoms with E-state index in [1.807, 2.05) is 86.6 Å². The summed E-state index contributed by atoms with van der Waals surface area (Å²) in [5.74, 6) is -0.785. The van der Waals surface area contributed by atoms with Crippen molar-refractivity contribution in [2.24, 2.45) is 5.73 Å². The fourth-order valence-electron chi connectivity index (χ4n) is 11.0. The van der Waals surface area contributed by atoms with Crippen molar-refractivity contribution >= 4 is 77.3 Å². The Labute approximate surface area is 606 Å². The van der Waals surface area contributed by atoms with Crippen LogP contribution in [0.15, 0.2) is 146 Å². The summed E-state index contributed by atoms with van der Waals surface area (Å²) >= 11 is 0. The van der Waals surface area contributed by atoms with E-state index in [-0.39, 0.29) is 71.9 Å². The van der Waals surface area contributed by atoms with Gasteiger partial charge in [0.25, 0.3) is 0 Å². The SMILES string of the molecule is CC(=O)OOC(C)=O.COc1cc(-c2cccc(-c3cccc(Nc4nccc5nccnc45)c3C)c2C)cc(F)c1C=O.COc1cc(-c2cccc(-c3cccc(Nc4nccc5nccnc45)c3C)c2C)cc(F)c1CN[C@@H]1CCOC[C@@H]1O.N[C@@H]1CCOC[C@@H]1O.[B-]OC(C)=O.[Na+]. The summed E-state index contributed by atoms with van der Waals surface area (Å²) in [4.78, 5) is 74.7. The third-order valence-electron chi connectivity index (χ3n) is 16.3. The Morgan fingerprint density at radius 1 is 0.574 bits per heavy atom. The van der Waals surface area contributed by atoms with Crippen LogP contribution < -0.4 is 60.7 Å². The number of hydrogen-bond acceptors (Lipinski definition) is 23. The number of benzene rings is 6. The van der Waals surface area contributed by atoms with Crippen LogP contribution in [0.25, 0.3) is 66.6 Å².